The molecule has 12 heteroatoms. The highest BCUT2D eigenvalue weighted by molar-refractivity contribution is 6.03. The second-order valence-electron chi connectivity index (χ2n) is 10.9. The van der Waals surface area contributed by atoms with Gasteiger partial charge in [-0.1, -0.05) is 43.7 Å². The number of alkyl halides is 3. The van der Waals surface area contributed by atoms with Crippen LogP contribution in [-0.4, -0.2) is 72.2 Å². The zero-order valence-electron chi connectivity index (χ0n) is 24.5. The number of likely N-dealkylation sites (tertiary alicyclic amines) is 1. The molecule has 0 spiro atoms. The normalized spacial score (nSPS) is 18.1. The van der Waals surface area contributed by atoms with Crippen molar-refractivity contribution < 1.29 is 27.5 Å². The van der Waals surface area contributed by atoms with Crippen LogP contribution in [0.3, 0.4) is 0 Å². The number of para-hydroxylation sites is 1. The van der Waals surface area contributed by atoms with Gasteiger partial charge >= 0.3 is 12.2 Å². The van der Waals surface area contributed by atoms with Crippen LogP contribution in [0.2, 0.25) is 0 Å². The SMILES string of the molecule is C=Cc1ccccc1NC(=O)N1CCN(c2ccc(NC(=O)C3=C(C(F)(F)F)CCC=C(N4CCCCCC4)O3)cn2)CC1. The molecule has 1 aromatic heterocycles. The molecule has 2 saturated heterocycles. The predicted octanol–water partition coefficient (Wildman–Crippen LogP) is 6.36. The van der Waals surface area contributed by atoms with Crippen molar-refractivity contribution in [3.8, 4) is 0 Å². The second-order valence-corrected chi connectivity index (χ2v) is 10.9. The molecule has 0 radical (unpaired) electrons. The van der Waals surface area contributed by atoms with E-state index in [1.54, 1.807) is 29.2 Å². The van der Waals surface area contributed by atoms with Gasteiger partial charge in [-0.3, -0.25) is 4.79 Å². The molecule has 9 nitrogen and oxygen atoms in total. The van der Waals surface area contributed by atoms with Crippen LogP contribution >= 0.6 is 0 Å². The van der Waals surface area contributed by atoms with Gasteiger partial charge in [0.25, 0.3) is 5.91 Å². The summed E-state index contributed by atoms with van der Waals surface area (Å²) >= 11 is 0. The summed E-state index contributed by atoms with van der Waals surface area (Å²) in [4.78, 5) is 36.1. The van der Waals surface area contributed by atoms with Gasteiger partial charge in [0.15, 0.2) is 5.88 Å². The molecule has 2 fully saturated rings. The third-order valence-corrected chi connectivity index (χ3v) is 7.98. The topological polar surface area (TPSA) is 90.0 Å². The quantitative estimate of drug-likeness (QED) is 0.396. The summed E-state index contributed by atoms with van der Waals surface area (Å²) in [7, 11) is 0. The van der Waals surface area contributed by atoms with Crippen molar-refractivity contribution in [2.24, 2.45) is 0 Å². The van der Waals surface area contributed by atoms with E-state index in [4.69, 9.17) is 4.74 Å². The molecule has 4 heterocycles. The third kappa shape index (κ3) is 7.53. The monoisotopic (exact) mass is 610 g/mol. The Morgan fingerprint density at radius 2 is 1.64 bits per heavy atom. The van der Waals surface area contributed by atoms with E-state index in [0.717, 1.165) is 31.2 Å². The fourth-order valence-corrected chi connectivity index (χ4v) is 5.56. The number of aromatic nitrogens is 1. The lowest BCUT2D eigenvalue weighted by Crippen LogP contribution is -2.50. The summed E-state index contributed by atoms with van der Waals surface area (Å²) in [5, 5.41) is 5.47. The first-order valence-electron chi connectivity index (χ1n) is 15.0. The van der Waals surface area contributed by atoms with Crippen LogP contribution < -0.4 is 15.5 Å². The number of ether oxygens (including phenoxy) is 1. The Bertz CT molecular complexity index is 1410. The number of allylic oxidation sites excluding steroid dienone is 2. The first-order valence-corrected chi connectivity index (χ1v) is 15.0. The lowest BCUT2D eigenvalue weighted by molar-refractivity contribution is -0.119. The van der Waals surface area contributed by atoms with Gasteiger partial charge in [0.1, 0.15) is 5.82 Å². The van der Waals surface area contributed by atoms with E-state index in [0.29, 0.717) is 56.7 Å². The van der Waals surface area contributed by atoms with Gasteiger partial charge in [-0.05, 0) is 55.5 Å². The van der Waals surface area contributed by atoms with Crippen molar-refractivity contribution in [1.82, 2.24) is 14.8 Å². The highest BCUT2D eigenvalue weighted by atomic mass is 19.4. The number of nitrogens with zero attached hydrogens (tertiary/aromatic N) is 4. The number of hydrogen-bond acceptors (Lipinski definition) is 6. The summed E-state index contributed by atoms with van der Waals surface area (Å²) in [5.74, 6) is -0.748. The summed E-state index contributed by atoms with van der Waals surface area (Å²) < 4.78 is 47.7. The van der Waals surface area contributed by atoms with Gasteiger partial charge in [-0.2, -0.15) is 13.2 Å². The molecular formula is C32H37F3N6O3. The first-order chi connectivity index (χ1) is 21.2. The van der Waals surface area contributed by atoms with Gasteiger partial charge < -0.3 is 30.1 Å². The van der Waals surface area contributed by atoms with Gasteiger partial charge in [0, 0.05) is 45.0 Å². The maximum absolute atomic E-state index is 14.0. The highest BCUT2D eigenvalue weighted by Crippen LogP contribution is 2.36. The highest BCUT2D eigenvalue weighted by Gasteiger charge is 2.40. The van der Waals surface area contributed by atoms with Crippen molar-refractivity contribution in [1.29, 1.82) is 0 Å². The van der Waals surface area contributed by atoms with E-state index in [1.807, 2.05) is 34.1 Å². The van der Waals surface area contributed by atoms with Crippen molar-refractivity contribution in [3.63, 3.8) is 0 Å². The molecule has 2 N–H and O–H groups in total. The molecule has 3 amide bonds. The average molecular weight is 611 g/mol. The lowest BCUT2D eigenvalue weighted by Gasteiger charge is -2.35. The van der Waals surface area contributed by atoms with Crippen LogP contribution in [0.5, 0.6) is 0 Å². The van der Waals surface area contributed by atoms with E-state index >= 15 is 0 Å². The molecular weight excluding hydrogens is 573 g/mol. The van der Waals surface area contributed by atoms with Crippen LogP contribution in [0, 0.1) is 0 Å². The summed E-state index contributed by atoms with van der Waals surface area (Å²) in [6.07, 6.45) is 3.78. The first kappa shape index (κ1) is 31.0. The van der Waals surface area contributed by atoms with E-state index in [1.165, 1.54) is 6.20 Å². The van der Waals surface area contributed by atoms with Crippen molar-refractivity contribution in [2.45, 2.75) is 44.7 Å². The zero-order chi connectivity index (χ0) is 31.1. The number of carbonyl (C=O) groups excluding carboxylic acids is 2. The summed E-state index contributed by atoms with van der Waals surface area (Å²) in [5.41, 5.74) is 0.799. The Morgan fingerprint density at radius 3 is 2.30 bits per heavy atom. The van der Waals surface area contributed by atoms with E-state index in [2.05, 4.69) is 22.2 Å². The lowest BCUT2D eigenvalue weighted by atomic mass is 10.1. The maximum atomic E-state index is 14.0. The minimum atomic E-state index is -4.70. The number of halogens is 3. The van der Waals surface area contributed by atoms with Gasteiger partial charge in [0.2, 0.25) is 5.76 Å². The molecule has 0 bridgehead atoms. The minimum absolute atomic E-state index is 0.130. The molecule has 0 saturated carbocycles. The predicted molar refractivity (Wildman–Crippen MR) is 164 cm³/mol. The van der Waals surface area contributed by atoms with Crippen LogP contribution in [0.4, 0.5) is 35.2 Å². The van der Waals surface area contributed by atoms with Gasteiger partial charge in [-0.25, -0.2) is 9.78 Å². The molecule has 0 aliphatic carbocycles. The van der Waals surface area contributed by atoms with Crippen molar-refractivity contribution in [3.05, 3.63) is 78.0 Å². The molecule has 234 valence electrons. The Balaban J connectivity index is 1.20. The summed E-state index contributed by atoms with van der Waals surface area (Å²) in [6.45, 7) is 7.16. The molecule has 3 aliphatic heterocycles. The van der Waals surface area contributed by atoms with E-state index < -0.39 is 23.4 Å². The number of hydrogen-bond donors (Lipinski definition) is 2. The Kier molecular flexibility index (Phi) is 9.76. The Labute approximate surface area is 255 Å². The molecule has 2 aromatic rings. The third-order valence-electron chi connectivity index (χ3n) is 7.98. The van der Waals surface area contributed by atoms with Crippen molar-refractivity contribution in [2.75, 3.05) is 54.8 Å². The number of pyridine rings is 1. The Hall–Kier alpha value is -4.48. The van der Waals surface area contributed by atoms with Crippen molar-refractivity contribution >= 4 is 35.2 Å². The fourth-order valence-electron chi connectivity index (χ4n) is 5.56. The van der Waals surface area contributed by atoms with Crippen LogP contribution in [0.1, 0.15) is 44.1 Å². The Morgan fingerprint density at radius 1 is 0.909 bits per heavy atom. The molecule has 0 unspecified atom stereocenters. The smallest absolute Gasteiger partial charge is 0.416 e. The number of carbonyl (C=O) groups is 2. The number of rotatable bonds is 6. The number of piperazine rings is 1. The minimum Gasteiger partial charge on any atom is -0.435 e. The standard InChI is InChI=1S/C32H37F3N6O3/c1-2-23-10-5-6-12-26(23)38-31(43)41-20-18-39(19-21-41)27-15-14-24(22-36-27)37-30(42)29-25(32(33,34)35)11-9-13-28(44-29)40-16-7-3-4-8-17-40/h2,5-6,10,12-15,22H,1,3-4,7-9,11,16-21H2,(H,37,42)(H,38,43). The van der Waals surface area contributed by atoms with Crippen LogP contribution in [0.15, 0.2) is 72.5 Å². The number of nitrogens with one attached hydrogen (secondary N) is 2. The maximum Gasteiger partial charge on any atom is 0.416 e. The van der Waals surface area contributed by atoms with Crippen LogP contribution in [-0.2, 0) is 9.53 Å². The largest absolute Gasteiger partial charge is 0.435 e. The molecule has 5 rings (SSSR count). The van der Waals surface area contributed by atoms with Gasteiger partial charge in [0.05, 0.1) is 17.5 Å². The van der Waals surface area contributed by atoms with Gasteiger partial charge in [-0.15, -0.1) is 0 Å². The number of anilines is 3. The summed E-state index contributed by atoms with van der Waals surface area (Å²) in [6, 6.07) is 10.5. The number of urea groups is 1. The zero-order valence-corrected chi connectivity index (χ0v) is 24.5. The van der Waals surface area contributed by atoms with E-state index in [9.17, 15) is 22.8 Å². The van der Waals surface area contributed by atoms with Crippen LogP contribution in [0.25, 0.3) is 6.08 Å². The molecule has 44 heavy (non-hydrogen) atoms. The number of amides is 3. The molecule has 3 aliphatic rings. The average Bonchev–Trinajstić information content (AvgIpc) is 3.44. The fraction of sp³-hybridized carbons (Fsp3) is 0.406. The second kappa shape index (κ2) is 13.9. The number of benzene rings is 1. The molecule has 0 atom stereocenters. The molecule has 1 aromatic carbocycles. The van der Waals surface area contributed by atoms with E-state index in [-0.39, 0.29) is 24.6 Å².